The highest BCUT2D eigenvalue weighted by Crippen LogP contribution is 2.27. The summed E-state index contributed by atoms with van der Waals surface area (Å²) < 4.78 is 0. The molecule has 2 N–H and O–H groups in total. The van der Waals surface area contributed by atoms with E-state index in [0.717, 1.165) is 12.8 Å². The highest BCUT2D eigenvalue weighted by atomic mass is 16.4. The molecular weight excluding hydrogens is 143 g/mol. The maximum atomic E-state index is 10.5. The van der Waals surface area contributed by atoms with Crippen LogP contribution in [0.25, 0.3) is 0 Å². The summed E-state index contributed by atoms with van der Waals surface area (Å²) >= 11 is 0. The molecule has 0 aliphatic heterocycles. The van der Waals surface area contributed by atoms with E-state index in [2.05, 4.69) is 0 Å². The highest BCUT2D eigenvalue weighted by molar-refractivity contribution is 6.26. The Kier molecular flexibility index (Phi) is 4.19. The van der Waals surface area contributed by atoms with Crippen molar-refractivity contribution in [2.75, 3.05) is 6.61 Å². The molecule has 0 rings (SSSR count). The van der Waals surface area contributed by atoms with Gasteiger partial charge in [0.15, 0.2) is 0 Å². The first-order valence-electron chi connectivity index (χ1n) is 3.70. The normalized spacial score (nSPS) is 15.8. The van der Waals surface area contributed by atoms with Crippen LogP contribution in [-0.4, -0.2) is 30.6 Å². The van der Waals surface area contributed by atoms with Crippen LogP contribution < -0.4 is 0 Å². The first kappa shape index (κ1) is 10.5. The van der Waals surface area contributed by atoms with Crippen LogP contribution in [0.4, 0.5) is 0 Å². The molecule has 2 radical (unpaired) electrons. The predicted molar refractivity (Wildman–Crippen MR) is 42.7 cm³/mol. The molecule has 3 nitrogen and oxygen atoms in total. The molecule has 62 valence electrons. The Balaban J connectivity index is 3.99. The molecule has 0 fully saturated rings. The average molecular weight is 156 g/mol. The summed E-state index contributed by atoms with van der Waals surface area (Å²) in [7, 11) is 5.38. The van der Waals surface area contributed by atoms with E-state index >= 15 is 0 Å². The van der Waals surface area contributed by atoms with Crippen molar-refractivity contribution >= 4 is 13.8 Å². The Morgan fingerprint density at radius 2 is 2.18 bits per heavy atom. The van der Waals surface area contributed by atoms with Crippen molar-refractivity contribution in [3.63, 3.8) is 0 Å². The van der Waals surface area contributed by atoms with Gasteiger partial charge < -0.3 is 10.2 Å². The lowest BCUT2D eigenvalue weighted by Gasteiger charge is -2.21. The molecule has 0 spiro atoms. The fourth-order valence-corrected chi connectivity index (χ4v) is 0.746. The van der Waals surface area contributed by atoms with Gasteiger partial charge in [-0.25, -0.2) is 0 Å². The number of aliphatic hydroxyl groups excluding tert-OH is 1. The smallest absolute Gasteiger partial charge is 0.302 e. The summed E-state index contributed by atoms with van der Waals surface area (Å²) in [4.78, 5) is 10.5. The van der Waals surface area contributed by atoms with Crippen molar-refractivity contribution in [1.29, 1.82) is 0 Å². The van der Waals surface area contributed by atoms with E-state index in [4.69, 9.17) is 18.1 Å². The van der Waals surface area contributed by atoms with Crippen LogP contribution in [0.3, 0.4) is 0 Å². The van der Waals surface area contributed by atoms with Crippen LogP contribution >= 0.6 is 0 Å². The number of carbonyl (C=O) groups is 1. The number of hydrogen-bond donors (Lipinski definition) is 2. The molecule has 0 aromatic rings. The molecule has 0 aliphatic carbocycles. The molecule has 0 amide bonds. The Morgan fingerprint density at radius 3 is 2.45 bits per heavy atom. The average Bonchev–Trinajstić information content (AvgIpc) is 2.00. The zero-order valence-electron chi connectivity index (χ0n) is 6.71. The minimum Gasteiger partial charge on any atom is -0.481 e. The van der Waals surface area contributed by atoms with Crippen molar-refractivity contribution in [2.45, 2.75) is 31.5 Å². The zero-order chi connectivity index (χ0) is 8.91. The number of hydrogen-bond acceptors (Lipinski definition) is 2. The minimum atomic E-state index is -1.43. The topological polar surface area (TPSA) is 57.5 Å². The maximum absolute atomic E-state index is 10.5. The van der Waals surface area contributed by atoms with E-state index in [1.807, 2.05) is 6.92 Å². The molecule has 1 atom stereocenters. The minimum absolute atomic E-state index is 0.329. The Labute approximate surface area is 67.8 Å². The van der Waals surface area contributed by atoms with Crippen molar-refractivity contribution in [1.82, 2.24) is 0 Å². The van der Waals surface area contributed by atoms with Crippen LogP contribution in [0.15, 0.2) is 0 Å². The van der Waals surface area contributed by atoms with Gasteiger partial charge in [-0.1, -0.05) is 19.8 Å². The largest absolute Gasteiger partial charge is 0.481 e. The van der Waals surface area contributed by atoms with Crippen LogP contribution in [0, 0.1) is 0 Å². The van der Waals surface area contributed by atoms with Crippen LogP contribution in [0.1, 0.15) is 26.2 Å². The van der Waals surface area contributed by atoms with E-state index in [9.17, 15) is 4.79 Å². The lowest BCUT2D eigenvalue weighted by Crippen LogP contribution is -2.27. The number of carboxylic acids is 1. The first-order valence-corrected chi connectivity index (χ1v) is 3.70. The number of carboxylic acid groups (broad SMARTS) is 1. The maximum Gasteiger partial charge on any atom is 0.302 e. The number of aliphatic carboxylic acids is 1. The predicted octanol–water partition coefficient (Wildman–Crippen LogP) is 0.581. The van der Waals surface area contributed by atoms with Gasteiger partial charge in [0.1, 0.15) is 0 Å². The quantitative estimate of drug-likeness (QED) is 0.572. The SMILES string of the molecule is [B]C(CO)(CCCC)C(=O)O. The molecule has 0 saturated heterocycles. The van der Waals surface area contributed by atoms with E-state index < -0.39 is 17.9 Å². The zero-order valence-corrected chi connectivity index (χ0v) is 6.71. The molecule has 0 aromatic carbocycles. The molecule has 1 unspecified atom stereocenters. The van der Waals surface area contributed by atoms with Crippen LogP contribution in [0.5, 0.6) is 0 Å². The third kappa shape index (κ3) is 2.93. The van der Waals surface area contributed by atoms with Gasteiger partial charge in [-0.3, -0.25) is 4.79 Å². The second-order valence-electron chi connectivity index (χ2n) is 2.72. The number of rotatable bonds is 5. The summed E-state index contributed by atoms with van der Waals surface area (Å²) in [5.41, 5.74) is 0. The molecule has 4 heteroatoms. The van der Waals surface area contributed by atoms with Crippen molar-refractivity contribution in [3.8, 4) is 0 Å². The first-order chi connectivity index (χ1) is 5.06. The van der Waals surface area contributed by atoms with Gasteiger partial charge in [-0.15, -0.1) is 0 Å². The summed E-state index contributed by atoms with van der Waals surface area (Å²) in [6.07, 6.45) is 1.94. The van der Waals surface area contributed by atoms with Gasteiger partial charge in [0.2, 0.25) is 0 Å². The fraction of sp³-hybridized carbons (Fsp3) is 0.857. The van der Waals surface area contributed by atoms with Crippen molar-refractivity contribution < 1.29 is 15.0 Å². The summed E-state index contributed by atoms with van der Waals surface area (Å²) in [5, 5.41) is 15.8. The summed E-state index contributed by atoms with van der Waals surface area (Å²) in [6.45, 7) is 1.45. The van der Waals surface area contributed by atoms with Gasteiger partial charge in [0.05, 0.1) is 19.8 Å². The van der Waals surface area contributed by atoms with E-state index in [-0.39, 0.29) is 0 Å². The molecule has 0 aliphatic rings. The second-order valence-corrected chi connectivity index (χ2v) is 2.72. The standard InChI is InChI=1S/C7H13BO3/c1-2-3-4-7(8,5-9)6(10)11/h9H,2-5H2,1H3,(H,10,11). The molecule has 0 saturated carbocycles. The summed E-state index contributed by atoms with van der Waals surface area (Å²) in [6, 6.07) is 0. The van der Waals surface area contributed by atoms with Gasteiger partial charge in [-0.2, -0.15) is 0 Å². The van der Waals surface area contributed by atoms with Gasteiger partial charge in [0.25, 0.3) is 0 Å². The Bertz CT molecular complexity index is 138. The monoisotopic (exact) mass is 156 g/mol. The lowest BCUT2D eigenvalue weighted by molar-refractivity contribution is -0.142. The third-order valence-electron chi connectivity index (χ3n) is 1.68. The highest BCUT2D eigenvalue weighted by Gasteiger charge is 2.30. The van der Waals surface area contributed by atoms with E-state index in [1.165, 1.54) is 0 Å². The second kappa shape index (κ2) is 4.39. The van der Waals surface area contributed by atoms with Crippen LogP contribution in [0.2, 0.25) is 5.31 Å². The van der Waals surface area contributed by atoms with Gasteiger partial charge >= 0.3 is 5.97 Å². The Morgan fingerprint density at radius 1 is 1.64 bits per heavy atom. The molecule has 0 bridgehead atoms. The molecule has 11 heavy (non-hydrogen) atoms. The molecule has 0 aromatic heterocycles. The number of aliphatic hydroxyl groups is 1. The van der Waals surface area contributed by atoms with E-state index in [0.29, 0.717) is 6.42 Å². The Hall–Kier alpha value is -0.505. The third-order valence-corrected chi connectivity index (χ3v) is 1.68. The van der Waals surface area contributed by atoms with Crippen molar-refractivity contribution in [2.24, 2.45) is 0 Å². The van der Waals surface area contributed by atoms with Crippen LogP contribution in [-0.2, 0) is 4.79 Å². The van der Waals surface area contributed by atoms with Gasteiger partial charge in [0, 0.05) is 0 Å². The number of unbranched alkanes of at least 4 members (excludes halogenated alkanes) is 1. The van der Waals surface area contributed by atoms with E-state index in [1.54, 1.807) is 0 Å². The van der Waals surface area contributed by atoms with Crippen molar-refractivity contribution in [3.05, 3.63) is 0 Å². The summed E-state index contributed by atoms with van der Waals surface area (Å²) in [5.74, 6) is -1.13. The van der Waals surface area contributed by atoms with Gasteiger partial charge in [-0.05, 0) is 6.42 Å². The fourth-order valence-electron chi connectivity index (χ4n) is 0.746. The molecule has 0 heterocycles. The lowest BCUT2D eigenvalue weighted by atomic mass is 9.66. The molecular formula is C7H13BO3.